The van der Waals surface area contributed by atoms with Gasteiger partial charge in [-0.3, -0.25) is 4.79 Å². The molecule has 8 nitrogen and oxygen atoms in total. The van der Waals surface area contributed by atoms with Crippen LogP contribution in [0.4, 0.5) is 10.5 Å². The van der Waals surface area contributed by atoms with Crippen molar-refractivity contribution in [1.29, 1.82) is 0 Å². The van der Waals surface area contributed by atoms with E-state index in [1.165, 1.54) is 18.2 Å². The van der Waals surface area contributed by atoms with Crippen LogP contribution >= 0.6 is 0 Å². The Hall–Kier alpha value is -2.29. The van der Waals surface area contributed by atoms with E-state index in [9.17, 15) is 23.1 Å². The van der Waals surface area contributed by atoms with E-state index < -0.39 is 21.8 Å². The van der Waals surface area contributed by atoms with Gasteiger partial charge in [0.1, 0.15) is 15.6 Å². The van der Waals surface area contributed by atoms with Gasteiger partial charge in [0.25, 0.3) is 5.91 Å². The Balaban J connectivity index is 2.76. The molecule has 0 saturated heterocycles. The number of anilines is 1. The molecule has 0 saturated carbocycles. The minimum Gasteiger partial charge on any atom is -0.507 e. The average molecular weight is 343 g/mol. The van der Waals surface area contributed by atoms with E-state index in [1.807, 2.05) is 0 Å². The molecule has 23 heavy (non-hydrogen) atoms. The molecule has 0 unspecified atom stereocenters. The van der Waals surface area contributed by atoms with E-state index in [0.717, 1.165) is 6.26 Å². The maximum atomic E-state index is 12.0. The van der Waals surface area contributed by atoms with Crippen LogP contribution in [0.5, 0.6) is 5.75 Å². The third kappa shape index (κ3) is 7.00. The van der Waals surface area contributed by atoms with Crippen molar-refractivity contribution in [3.05, 3.63) is 23.8 Å². The average Bonchev–Trinajstić information content (AvgIpc) is 2.38. The third-order valence-corrected chi connectivity index (χ3v) is 3.62. The van der Waals surface area contributed by atoms with Crippen LogP contribution in [0.3, 0.4) is 0 Å². The van der Waals surface area contributed by atoms with Gasteiger partial charge in [-0.05, 0) is 32.0 Å². The Bertz CT molecular complexity index is 686. The van der Waals surface area contributed by atoms with Gasteiger partial charge >= 0.3 is 6.03 Å². The van der Waals surface area contributed by atoms with Gasteiger partial charge in [-0.25, -0.2) is 13.2 Å². The second-order valence-electron chi connectivity index (χ2n) is 5.37. The zero-order chi connectivity index (χ0) is 17.6. The van der Waals surface area contributed by atoms with E-state index in [4.69, 9.17) is 0 Å². The zero-order valence-electron chi connectivity index (χ0n) is 13.2. The summed E-state index contributed by atoms with van der Waals surface area (Å²) in [6.07, 6.45) is 1.06. The summed E-state index contributed by atoms with van der Waals surface area (Å²) in [6, 6.07) is 3.55. The highest BCUT2D eigenvalue weighted by Gasteiger charge is 2.14. The molecule has 3 amide bonds. The van der Waals surface area contributed by atoms with Crippen molar-refractivity contribution in [2.75, 3.05) is 23.9 Å². The first-order valence-corrected chi connectivity index (χ1v) is 9.01. The first kappa shape index (κ1) is 18.8. The Kier molecular flexibility index (Phi) is 6.38. The predicted octanol–water partition coefficient (Wildman–Crippen LogP) is 0.697. The highest BCUT2D eigenvalue weighted by atomic mass is 32.2. The number of phenolic OH excluding ortho intramolecular Hbond substituents is 1. The van der Waals surface area contributed by atoms with Crippen LogP contribution in [0.25, 0.3) is 0 Å². The van der Waals surface area contributed by atoms with Gasteiger partial charge in [0.05, 0.1) is 11.3 Å². The van der Waals surface area contributed by atoms with Gasteiger partial charge in [0, 0.05) is 24.5 Å². The predicted molar refractivity (Wildman–Crippen MR) is 87.4 cm³/mol. The number of hydrogen-bond acceptors (Lipinski definition) is 5. The Labute approximate surface area is 135 Å². The quantitative estimate of drug-likeness (QED) is 0.566. The zero-order valence-corrected chi connectivity index (χ0v) is 14.0. The van der Waals surface area contributed by atoms with E-state index in [2.05, 4.69) is 16.0 Å². The molecule has 0 aliphatic rings. The number of phenols is 1. The third-order valence-electron chi connectivity index (χ3n) is 2.68. The molecule has 0 heterocycles. The van der Waals surface area contributed by atoms with Gasteiger partial charge < -0.3 is 21.1 Å². The van der Waals surface area contributed by atoms with Crippen molar-refractivity contribution in [3.8, 4) is 5.75 Å². The number of carbonyl (C=O) groups excluding carboxylic acids is 2. The van der Waals surface area contributed by atoms with Crippen LogP contribution in [0.15, 0.2) is 18.2 Å². The first-order chi connectivity index (χ1) is 10.6. The van der Waals surface area contributed by atoms with E-state index in [0.29, 0.717) is 5.69 Å². The highest BCUT2D eigenvalue weighted by Crippen LogP contribution is 2.21. The number of aromatic hydroxyl groups is 1. The number of sulfone groups is 1. The van der Waals surface area contributed by atoms with Crippen LogP contribution in [-0.2, 0) is 9.84 Å². The van der Waals surface area contributed by atoms with Gasteiger partial charge in [-0.15, -0.1) is 0 Å². The molecule has 1 aromatic carbocycles. The molecule has 0 aliphatic heterocycles. The van der Waals surface area contributed by atoms with Crippen LogP contribution in [0, 0.1) is 0 Å². The molecule has 0 aromatic heterocycles. The highest BCUT2D eigenvalue weighted by molar-refractivity contribution is 7.90. The molecule has 0 atom stereocenters. The Morgan fingerprint density at radius 2 is 1.91 bits per heavy atom. The SMILES string of the molecule is CC(C)NC(=O)Nc1ccc(O)c(C(=O)NCCS(C)(=O)=O)c1. The van der Waals surface area contributed by atoms with Crippen molar-refractivity contribution in [2.24, 2.45) is 0 Å². The minimum absolute atomic E-state index is 0.0501. The fraction of sp³-hybridized carbons (Fsp3) is 0.429. The first-order valence-electron chi connectivity index (χ1n) is 6.95. The summed E-state index contributed by atoms with van der Waals surface area (Å²) in [4.78, 5) is 23.6. The normalized spacial score (nSPS) is 11.1. The molecule has 1 aromatic rings. The maximum absolute atomic E-state index is 12.0. The summed E-state index contributed by atoms with van der Waals surface area (Å²) in [6.45, 7) is 3.54. The second-order valence-corrected chi connectivity index (χ2v) is 7.63. The lowest BCUT2D eigenvalue weighted by atomic mass is 10.1. The minimum atomic E-state index is -3.19. The number of benzene rings is 1. The van der Waals surface area contributed by atoms with E-state index in [-0.39, 0.29) is 29.7 Å². The maximum Gasteiger partial charge on any atom is 0.319 e. The molecule has 0 spiro atoms. The molecule has 0 aliphatic carbocycles. The molecule has 0 fully saturated rings. The number of carbonyl (C=O) groups is 2. The van der Waals surface area contributed by atoms with Gasteiger partial charge in [-0.1, -0.05) is 0 Å². The lowest BCUT2D eigenvalue weighted by molar-refractivity contribution is 0.0953. The summed E-state index contributed by atoms with van der Waals surface area (Å²) in [5.41, 5.74) is 0.273. The molecule has 0 radical (unpaired) electrons. The summed E-state index contributed by atoms with van der Waals surface area (Å²) in [5, 5.41) is 17.3. The van der Waals surface area contributed by atoms with Crippen molar-refractivity contribution >= 4 is 27.5 Å². The van der Waals surface area contributed by atoms with E-state index >= 15 is 0 Å². The summed E-state index contributed by atoms with van der Waals surface area (Å²) in [5.74, 6) is -1.09. The summed E-state index contributed by atoms with van der Waals surface area (Å²) in [7, 11) is -3.19. The molecular weight excluding hydrogens is 322 g/mol. The van der Waals surface area contributed by atoms with Gasteiger partial charge in [0.2, 0.25) is 0 Å². The molecule has 1 rings (SSSR count). The smallest absolute Gasteiger partial charge is 0.319 e. The number of hydrogen-bond donors (Lipinski definition) is 4. The Morgan fingerprint density at radius 3 is 2.48 bits per heavy atom. The molecule has 128 valence electrons. The van der Waals surface area contributed by atoms with Crippen LogP contribution < -0.4 is 16.0 Å². The summed E-state index contributed by atoms with van der Waals surface area (Å²) >= 11 is 0. The standard InChI is InChI=1S/C14H21N3O5S/c1-9(2)16-14(20)17-10-4-5-12(18)11(8-10)13(19)15-6-7-23(3,21)22/h4-5,8-9,18H,6-7H2,1-3H3,(H,15,19)(H2,16,17,20). The lowest BCUT2D eigenvalue weighted by Gasteiger charge is -2.12. The largest absolute Gasteiger partial charge is 0.507 e. The Morgan fingerprint density at radius 1 is 1.26 bits per heavy atom. The molecule has 4 N–H and O–H groups in total. The molecular formula is C14H21N3O5S. The monoisotopic (exact) mass is 343 g/mol. The fourth-order valence-electron chi connectivity index (χ4n) is 1.67. The summed E-state index contributed by atoms with van der Waals surface area (Å²) < 4.78 is 22.0. The van der Waals surface area contributed by atoms with Gasteiger partial charge in [-0.2, -0.15) is 0 Å². The van der Waals surface area contributed by atoms with Crippen molar-refractivity contribution in [2.45, 2.75) is 19.9 Å². The van der Waals surface area contributed by atoms with E-state index in [1.54, 1.807) is 13.8 Å². The lowest BCUT2D eigenvalue weighted by Crippen LogP contribution is -2.34. The number of nitrogens with one attached hydrogen (secondary N) is 3. The van der Waals surface area contributed by atoms with Crippen molar-refractivity contribution in [1.82, 2.24) is 10.6 Å². The number of urea groups is 1. The fourth-order valence-corrected chi connectivity index (χ4v) is 2.14. The van der Waals surface area contributed by atoms with Crippen LogP contribution in [0.1, 0.15) is 24.2 Å². The molecule has 9 heteroatoms. The van der Waals surface area contributed by atoms with Gasteiger partial charge in [0.15, 0.2) is 0 Å². The number of rotatable bonds is 6. The second kappa shape index (κ2) is 7.82. The van der Waals surface area contributed by atoms with Crippen LogP contribution in [0.2, 0.25) is 0 Å². The van der Waals surface area contributed by atoms with Crippen molar-refractivity contribution < 1.29 is 23.1 Å². The van der Waals surface area contributed by atoms with Crippen LogP contribution in [-0.4, -0.2) is 50.1 Å². The topological polar surface area (TPSA) is 125 Å². The van der Waals surface area contributed by atoms with Crippen molar-refractivity contribution in [3.63, 3.8) is 0 Å². The molecule has 0 bridgehead atoms. The number of amides is 3.